The number of carboxylic acid groups (broad SMARTS) is 1. The number of aliphatic carboxylic acids is 1. The van der Waals surface area contributed by atoms with Crippen molar-refractivity contribution in [1.29, 1.82) is 0 Å². The molecule has 0 radical (unpaired) electrons. The standard InChI is InChI=1S/C28H34F2N4O6/c1-28(2,3)40-27(38)32-16-18-23(30)17(25(35)19(15-31-4)26(36)37)14-20(29)24(18)34-12-10-33(11-13-34)21-8-6-7-9-22(21)39-5/h6-9,14-15,35H,10-13,16H2,1-5H3,(H,32,38)(H,36,37). The highest BCUT2D eigenvalue weighted by Gasteiger charge is 2.29. The van der Waals surface area contributed by atoms with Crippen molar-refractivity contribution in [3.8, 4) is 5.75 Å². The first-order valence-electron chi connectivity index (χ1n) is 12.6. The fourth-order valence-electron chi connectivity index (χ4n) is 4.37. The van der Waals surface area contributed by atoms with Gasteiger partial charge in [0, 0.05) is 45.0 Å². The molecule has 0 unspecified atom stereocenters. The molecule has 216 valence electrons. The molecule has 1 fully saturated rings. The molecule has 0 saturated carbocycles. The number of benzene rings is 2. The van der Waals surface area contributed by atoms with Crippen LogP contribution in [-0.4, -0.2) is 74.4 Å². The minimum Gasteiger partial charge on any atom is -0.506 e. The van der Waals surface area contributed by atoms with E-state index in [2.05, 4.69) is 15.2 Å². The van der Waals surface area contributed by atoms with Gasteiger partial charge in [-0.2, -0.15) is 0 Å². The van der Waals surface area contributed by atoms with E-state index in [0.29, 0.717) is 31.9 Å². The fourth-order valence-corrected chi connectivity index (χ4v) is 4.37. The summed E-state index contributed by atoms with van der Waals surface area (Å²) in [5, 5.41) is 22.5. The quantitative estimate of drug-likeness (QED) is 0.247. The number of nitrogens with one attached hydrogen (secondary N) is 1. The number of aliphatic hydroxyl groups is 1. The Balaban J connectivity index is 2.02. The van der Waals surface area contributed by atoms with Crippen LogP contribution in [-0.2, 0) is 16.1 Å². The van der Waals surface area contributed by atoms with E-state index in [9.17, 15) is 19.8 Å². The number of aliphatic imine (C=N–C) groups is 1. The Morgan fingerprint density at radius 2 is 1.73 bits per heavy atom. The number of nitrogens with zero attached hydrogens (tertiary/aromatic N) is 3. The molecule has 10 nitrogen and oxygen atoms in total. The van der Waals surface area contributed by atoms with Gasteiger partial charge in [-0.3, -0.25) is 4.99 Å². The Hall–Kier alpha value is -4.35. The Morgan fingerprint density at radius 1 is 1.10 bits per heavy atom. The van der Waals surface area contributed by atoms with Crippen LogP contribution in [0.5, 0.6) is 5.75 Å². The first-order chi connectivity index (χ1) is 18.9. The summed E-state index contributed by atoms with van der Waals surface area (Å²) in [6, 6.07) is 8.23. The first-order valence-corrected chi connectivity index (χ1v) is 12.6. The smallest absolute Gasteiger partial charge is 0.407 e. The number of alkyl carbamates (subject to hydrolysis) is 1. The van der Waals surface area contributed by atoms with Crippen molar-refractivity contribution in [1.82, 2.24) is 5.32 Å². The molecule has 40 heavy (non-hydrogen) atoms. The number of aliphatic hydroxyl groups excluding tert-OH is 1. The molecule has 0 bridgehead atoms. The molecule has 12 heteroatoms. The van der Waals surface area contributed by atoms with Crippen LogP contribution in [0.3, 0.4) is 0 Å². The lowest BCUT2D eigenvalue weighted by Crippen LogP contribution is -2.47. The van der Waals surface area contributed by atoms with E-state index in [1.165, 1.54) is 7.05 Å². The molecule has 0 spiro atoms. The molecule has 1 aliphatic rings. The topological polar surface area (TPSA) is 124 Å². The number of carbonyl (C=O) groups excluding carboxylic acids is 1. The number of anilines is 2. The second-order valence-corrected chi connectivity index (χ2v) is 10.0. The molecule has 1 saturated heterocycles. The van der Waals surface area contributed by atoms with Gasteiger partial charge in [0.05, 0.1) is 30.6 Å². The van der Waals surface area contributed by atoms with Crippen molar-refractivity contribution in [3.63, 3.8) is 0 Å². The van der Waals surface area contributed by atoms with Crippen LogP contribution in [0, 0.1) is 11.6 Å². The van der Waals surface area contributed by atoms with E-state index in [1.54, 1.807) is 32.8 Å². The maximum Gasteiger partial charge on any atom is 0.407 e. The van der Waals surface area contributed by atoms with Crippen molar-refractivity contribution >= 4 is 35.4 Å². The summed E-state index contributed by atoms with van der Waals surface area (Å²) in [5.41, 5.74) is -1.73. The predicted octanol–water partition coefficient (Wildman–Crippen LogP) is 4.38. The summed E-state index contributed by atoms with van der Waals surface area (Å²) in [4.78, 5) is 31.2. The average molecular weight is 561 g/mol. The van der Waals surface area contributed by atoms with Gasteiger partial charge in [0.1, 0.15) is 34.3 Å². The molecule has 1 aliphatic heterocycles. The Morgan fingerprint density at radius 3 is 2.30 bits per heavy atom. The van der Waals surface area contributed by atoms with Crippen molar-refractivity contribution in [2.45, 2.75) is 32.9 Å². The van der Waals surface area contributed by atoms with Gasteiger partial charge >= 0.3 is 12.1 Å². The zero-order chi connectivity index (χ0) is 29.6. The zero-order valence-corrected chi connectivity index (χ0v) is 23.1. The lowest BCUT2D eigenvalue weighted by Gasteiger charge is -2.38. The molecule has 1 heterocycles. The molecular formula is C28H34F2N4O6. The third-order valence-corrected chi connectivity index (χ3v) is 6.11. The molecule has 0 aliphatic carbocycles. The second-order valence-electron chi connectivity index (χ2n) is 10.0. The average Bonchev–Trinajstić information content (AvgIpc) is 2.90. The fraction of sp³-hybridized carbons (Fsp3) is 0.393. The van der Waals surface area contributed by atoms with Crippen molar-refractivity contribution in [3.05, 3.63) is 58.7 Å². The van der Waals surface area contributed by atoms with Crippen LogP contribution in [0.15, 0.2) is 40.9 Å². The van der Waals surface area contributed by atoms with Crippen molar-refractivity contribution in [2.75, 3.05) is 50.1 Å². The molecule has 3 N–H and O–H groups in total. The monoisotopic (exact) mass is 560 g/mol. The maximum absolute atomic E-state index is 16.0. The van der Waals surface area contributed by atoms with Crippen molar-refractivity contribution in [2.24, 2.45) is 4.99 Å². The highest BCUT2D eigenvalue weighted by Crippen LogP contribution is 2.35. The number of hydrogen-bond acceptors (Lipinski definition) is 8. The maximum atomic E-state index is 16.0. The Labute approximate surface area is 231 Å². The minimum absolute atomic E-state index is 0.106. The third-order valence-electron chi connectivity index (χ3n) is 6.11. The SMILES string of the molecule is CN=CC(C(=O)O)=C(O)c1cc(F)c(N2CCN(c3ccccc3OC)CC2)c(CNC(=O)OC(C)(C)C)c1F. The summed E-state index contributed by atoms with van der Waals surface area (Å²) in [5.74, 6) is -3.87. The van der Waals surface area contributed by atoms with Gasteiger partial charge in [-0.25, -0.2) is 18.4 Å². The highest BCUT2D eigenvalue weighted by atomic mass is 19.1. The van der Waals surface area contributed by atoms with E-state index < -0.39 is 52.7 Å². The van der Waals surface area contributed by atoms with Gasteiger partial charge in [-0.1, -0.05) is 12.1 Å². The number of piperazine rings is 1. The van der Waals surface area contributed by atoms with E-state index in [4.69, 9.17) is 9.47 Å². The van der Waals surface area contributed by atoms with Crippen LogP contribution >= 0.6 is 0 Å². The summed E-state index contributed by atoms with van der Waals surface area (Å²) in [6.45, 7) is 6.02. The largest absolute Gasteiger partial charge is 0.506 e. The molecule has 0 aromatic heterocycles. The lowest BCUT2D eigenvalue weighted by molar-refractivity contribution is -0.132. The number of halogens is 2. The number of amides is 1. The van der Waals surface area contributed by atoms with Gasteiger partial charge in [0.15, 0.2) is 0 Å². The van der Waals surface area contributed by atoms with Crippen LogP contribution in [0.1, 0.15) is 31.9 Å². The van der Waals surface area contributed by atoms with Gasteiger partial charge in [0.25, 0.3) is 0 Å². The zero-order valence-electron chi connectivity index (χ0n) is 23.1. The Kier molecular flexibility index (Phi) is 9.56. The first kappa shape index (κ1) is 30.2. The molecular weight excluding hydrogens is 526 g/mol. The molecule has 2 aromatic rings. The van der Waals surface area contributed by atoms with Gasteiger partial charge in [-0.05, 0) is 39.0 Å². The third kappa shape index (κ3) is 6.99. The number of ether oxygens (including phenoxy) is 2. The molecule has 3 rings (SSSR count). The minimum atomic E-state index is -1.58. The van der Waals surface area contributed by atoms with E-state index >= 15 is 8.78 Å². The van der Waals surface area contributed by atoms with Crippen LogP contribution in [0.4, 0.5) is 25.0 Å². The highest BCUT2D eigenvalue weighted by molar-refractivity contribution is 6.14. The number of hydrogen-bond donors (Lipinski definition) is 3. The molecule has 1 amide bonds. The summed E-state index contributed by atoms with van der Waals surface area (Å²) in [7, 11) is 2.85. The predicted molar refractivity (Wildman–Crippen MR) is 148 cm³/mol. The van der Waals surface area contributed by atoms with Crippen LogP contribution < -0.4 is 19.9 Å². The van der Waals surface area contributed by atoms with Gasteiger partial charge in [-0.15, -0.1) is 0 Å². The lowest BCUT2D eigenvalue weighted by atomic mass is 10.0. The summed E-state index contributed by atoms with van der Waals surface area (Å²) in [6.07, 6.45) is -0.0210. The molecule has 0 atom stereocenters. The summed E-state index contributed by atoms with van der Waals surface area (Å²) >= 11 is 0. The van der Waals surface area contributed by atoms with Crippen LogP contribution in [0.25, 0.3) is 5.76 Å². The number of carbonyl (C=O) groups is 2. The van der Waals surface area contributed by atoms with E-state index in [-0.39, 0.29) is 11.3 Å². The summed E-state index contributed by atoms with van der Waals surface area (Å²) < 4.78 is 42.4. The normalized spacial score (nSPS) is 14.7. The molecule has 2 aromatic carbocycles. The Bertz CT molecular complexity index is 1310. The van der Waals surface area contributed by atoms with Crippen molar-refractivity contribution < 1.29 is 38.1 Å². The number of para-hydroxylation sites is 2. The number of methoxy groups -OCH3 is 1. The van der Waals surface area contributed by atoms with Gasteiger partial charge < -0.3 is 34.8 Å². The number of carboxylic acids is 1. The number of rotatable bonds is 8. The van der Waals surface area contributed by atoms with E-state index in [0.717, 1.165) is 18.0 Å². The van der Waals surface area contributed by atoms with E-state index in [1.807, 2.05) is 24.3 Å². The second kappa shape index (κ2) is 12.7. The van der Waals surface area contributed by atoms with Gasteiger partial charge in [0.2, 0.25) is 0 Å². The van der Waals surface area contributed by atoms with Crippen LogP contribution in [0.2, 0.25) is 0 Å².